The first-order valence-electron chi connectivity index (χ1n) is 6.27. The van der Waals surface area contributed by atoms with E-state index in [1.807, 2.05) is 12.1 Å². The summed E-state index contributed by atoms with van der Waals surface area (Å²) < 4.78 is 0. The molecule has 1 aromatic rings. The van der Waals surface area contributed by atoms with Gasteiger partial charge in [0.2, 0.25) is 0 Å². The molecule has 1 atom stereocenters. The summed E-state index contributed by atoms with van der Waals surface area (Å²) in [5.74, 6) is 0.473. The van der Waals surface area contributed by atoms with Gasteiger partial charge in [-0.2, -0.15) is 0 Å². The average molecular weight is 260 g/mol. The van der Waals surface area contributed by atoms with Crippen LogP contribution in [0.5, 0.6) is 0 Å². The van der Waals surface area contributed by atoms with Gasteiger partial charge >= 0.3 is 0 Å². The van der Waals surface area contributed by atoms with Crippen LogP contribution < -0.4 is 22.9 Å². The van der Waals surface area contributed by atoms with E-state index in [4.69, 9.17) is 22.9 Å². The van der Waals surface area contributed by atoms with Gasteiger partial charge in [-0.3, -0.25) is 4.99 Å². The van der Waals surface area contributed by atoms with Gasteiger partial charge in [-0.15, -0.1) is 0 Å². The van der Waals surface area contributed by atoms with Crippen LogP contribution in [0.25, 0.3) is 0 Å². The average Bonchev–Trinajstić information content (AvgIpc) is 2.77. The van der Waals surface area contributed by atoms with Gasteiger partial charge in [-0.25, -0.2) is 4.99 Å². The zero-order valence-corrected chi connectivity index (χ0v) is 10.8. The highest BCUT2D eigenvalue weighted by Gasteiger charge is 2.28. The third-order valence-electron chi connectivity index (χ3n) is 3.40. The third kappa shape index (κ3) is 3.37. The Bertz CT molecular complexity index is 475. The van der Waals surface area contributed by atoms with Crippen LogP contribution in [0.1, 0.15) is 11.1 Å². The summed E-state index contributed by atoms with van der Waals surface area (Å²) in [6.45, 7) is 0.416. The molecule has 0 saturated carbocycles. The number of rotatable bonds is 4. The summed E-state index contributed by atoms with van der Waals surface area (Å²) in [4.78, 5) is 8.31. The summed E-state index contributed by atoms with van der Waals surface area (Å²) in [5, 5.41) is 0. The zero-order chi connectivity index (χ0) is 13.8. The fraction of sp³-hybridized carbons (Fsp3) is 0.385. The molecule has 1 unspecified atom stereocenters. The normalized spacial score (nSPS) is 15.6. The fourth-order valence-corrected chi connectivity index (χ4v) is 2.55. The Morgan fingerprint density at radius 1 is 1.05 bits per heavy atom. The molecule has 6 heteroatoms. The number of guanidine groups is 2. The second kappa shape index (κ2) is 5.60. The highest BCUT2D eigenvalue weighted by molar-refractivity contribution is 5.76. The second-order valence-electron chi connectivity index (χ2n) is 4.82. The van der Waals surface area contributed by atoms with Crippen LogP contribution in [0.4, 0.5) is 0 Å². The van der Waals surface area contributed by atoms with Gasteiger partial charge in [0.15, 0.2) is 11.9 Å². The lowest BCUT2D eigenvalue weighted by Gasteiger charge is -2.17. The first-order valence-corrected chi connectivity index (χ1v) is 6.27. The van der Waals surface area contributed by atoms with Crippen molar-refractivity contribution in [1.29, 1.82) is 0 Å². The second-order valence-corrected chi connectivity index (χ2v) is 4.82. The first kappa shape index (κ1) is 13.2. The monoisotopic (exact) mass is 260 g/mol. The maximum Gasteiger partial charge on any atom is 0.186 e. The molecular formula is C13H20N6. The predicted octanol–water partition coefficient (Wildman–Crippen LogP) is -0.683. The lowest BCUT2D eigenvalue weighted by molar-refractivity contribution is 0.448. The van der Waals surface area contributed by atoms with E-state index in [1.165, 1.54) is 11.1 Å². The topological polar surface area (TPSA) is 129 Å². The summed E-state index contributed by atoms with van der Waals surface area (Å²) in [5.41, 5.74) is 24.4. The maximum absolute atomic E-state index is 5.49. The molecule has 0 aromatic heterocycles. The van der Waals surface area contributed by atoms with Crippen molar-refractivity contribution in [1.82, 2.24) is 0 Å². The molecule has 0 fully saturated rings. The quantitative estimate of drug-likeness (QED) is 0.422. The molecule has 6 nitrogen and oxygen atoms in total. The van der Waals surface area contributed by atoms with Crippen molar-refractivity contribution in [2.24, 2.45) is 38.8 Å². The van der Waals surface area contributed by atoms with Crippen LogP contribution in [0.15, 0.2) is 34.3 Å². The van der Waals surface area contributed by atoms with Crippen molar-refractivity contribution in [3.63, 3.8) is 0 Å². The van der Waals surface area contributed by atoms with E-state index >= 15 is 0 Å². The minimum atomic E-state index is -0.0838. The van der Waals surface area contributed by atoms with Gasteiger partial charge in [0.1, 0.15) is 0 Å². The summed E-state index contributed by atoms with van der Waals surface area (Å²) in [6, 6.07) is 8.30. The highest BCUT2D eigenvalue weighted by Crippen LogP contribution is 2.30. The Hall–Kier alpha value is -2.24. The van der Waals surface area contributed by atoms with Crippen molar-refractivity contribution < 1.29 is 0 Å². The molecule has 1 aromatic carbocycles. The number of hydrogen-bond acceptors (Lipinski definition) is 2. The largest absolute Gasteiger partial charge is 0.370 e. The minimum absolute atomic E-state index is 0.0614. The van der Waals surface area contributed by atoms with Crippen LogP contribution >= 0.6 is 0 Å². The lowest BCUT2D eigenvalue weighted by Crippen LogP contribution is -2.32. The van der Waals surface area contributed by atoms with Gasteiger partial charge in [-0.1, -0.05) is 24.3 Å². The van der Waals surface area contributed by atoms with E-state index in [0.29, 0.717) is 12.5 Å². The number of nitrogens with zero attached hydrogens (tertiary/aromatic N) is 2. The molecule has 1 aliphatic carbocycles. The van der Waals surface area contributed by atoms with Crippen LogP contribution in [-0.4, -0.2) is 24.5 Å². The van der Waals surface area contributed by atoms with Crippen molar-refractivity contribution in [2.45, 2.75) is 18.9 Å². The van der Waals surface area contributed by atoms with Crippen LogP contribution in [0, 0.1) is 5.92 Å². The van der Waals surface area contributed by atoms with Gasteiger partial charge in [-0.05, 0) is 29.9 Å². The third-order valence-corrected chi connectivity index (χ3v) is 3.40. The molecule has 0 radical (unpaired) electrons. The number of fused-ring (bicyclic) bond motifs is 1. The van der Waals surface area contributed by atoms with Gasteiger partial charge in [0, 0.05) is 0 Å². The van der Waals surface area contributed by atoms with Crippen molar-refractivity contribution in [3.8, 4) is 0 Å². The van der Waals surface area contributed by atoms with E-state index in [9.17, 15) is 0 Å². The summed E-state index contributed by atoms with van der Waals surface area (Å²) in [7, 11) is 0. The van der Waals surface area contributed by atoms with Crippen LogP contribution in [-0.2, 0) is 12.8 Å². The fourth-order valence-electron chi connectivity index (χ4n) is 2.55. The molecule has 0 aliphatic heterocycles. The van der Waals surface area contributed by atoms with Crippen LogP contribution in [0.3, 0.4) is 0 Å². The molecule has 0 spiro atoms. The molecule has 1 aliphatic rings. The Kier molecular flexibility index (Phi) is 3.89. The van der Waals surface area contributed by atoms with Crippen molar-refractivity contribution in [2.75, 3.05) is 6.54 Å². The summed E-state index contributed by atoms with van der Waals surface area (Å²) >= 11 is 0. The number of nitrogens with two attached hydrogens (primary N) is 4. The van der Waals surface area contributed by atoms with Crippen LogP contribution in [0.2, 0.25) is 0 Å². The van der Waals surface area contributed by atoms with E-state index in [2.05, 4.69) is 22.1 Å². The van der Waals surface area contributed by atoms with Gasteiger partial charge in [0.05, 0.1) is 12.6 Å². The van der Waals surface area contributed by atoms with E-state index in [1.54, 1.807) is 0 Å². The van der Waals surface area contributed by atoms with Gasteiger partial charge in [0.25, 0.3) is 0 Å². The molecule has 0 saturated heterocycles. The maximum atomic E-state index is 5.49. The van der Waals surface area contributed by atoms with Crippen molar-refractivity contribution >= 4 is 11.9 Å². The summed E-state index contributed by atoms with van der Waals surface area (Å²) in [6.07, 6.45) is 1.91. The van der Waals surface area contributed by atoms with E-state index in [0.717, 1.165) is 12.8 Å². The number of aliphatic imine (C=N–C) groups is 2. The molecule has 102 valence electrons. The van der Waals surface area contributed by atoms with E-state index < -0.39 is 0 Å². The standard InChI is InChI=1S/C13H20N6/c14-12(15)18-7-11(19-13(16)17)10-5-8-3-1-2-4-9(8)6-10/h1-4,10-11H,5-7H2,(H4,14,15,18)(H4,16,17,19). The Morgan fingerprint density at radius 3 is 2.11 bits per heavy atom. The molecular weight excluding hydrogens is 240 g/mol. The smallest absolute Gasteiger partial charge is 0.186 e. The molecule has 2 rings (SSSR count). The Balaban J connectivity index is 2.13. The zero-order valence-electron chi connectivity index (χ0n) is 10.8. The molecule has 0 amide bonds. The molecule has 0 heterocycles. The van der Waals surface area contributed by atoms with E-state index in [-0.39, 0.29) is 18.0 Å². The minimum Gasteiger partial charge on any atom is -0.370 e. The van der Waals surface area contributed by atoms with Gasteiger partial charge < -0.3 is 22.9 Å². The molecule has 19 heavy (non-hydrogen) atoms. The molecule has 8 N–H and O–H groups in total. The first-order chi connectivity index (χ1) is 9.06. The predicted molar refractivity (Wildman–Crippen MR) is 77.6 cm³/mol. The SMILES string of the molecule is NC(N)=NCC(N=C(N)N)C1Cc2ccccc2C1. The lowest BCUT2D eigenvalue weighted by atomic mass is 9.97. The molecule has 0 bridgehead atoms. The highest BCUT2D eigenvalue weighted by atomic mass is 15.0. The Labute approximate surface area is 112 Å². The number of benzene rings is 1. The Morgan fingerprint density at radius 2 is 1.63 bits per heavy atom. The number of hydrogen-bond donors (Lipinski definition) is 4. The van der Waals surface area contributed by atoms with Crippen molar-refractivity contribution in [3.05, 3.63) is 35.4 Å².